The zero-order valence-corrected chi connectivity index (χ0v) is 20.0. The van der Waals surface area contributed by atoms with Crippen molar-refractivity contribution in [3.05, 3.63) is 59.7 Å². The summed E-state index contributed by atoms with van der Waals surface area (Å²) in [6, 6.07) is 16.0. The molecule has 1 heterocycles. The molecule has 7 heteroatoms. The highest BCUT2D eigenvalue weighted by Gasteiger charge is 2.55. The molecule has 1 saturated heterocycles. The average Bonchev–Trinajstić information content (AvgIpc) is 3.52. The molecule has 0 spiro atoms. The van der Waals surface area contributed by atoms with Gasteiger partial charge >= 0.3 is 12.1 Å². The number of nitrogens with zero attached hydrogens (tertiary/aromatic N) is 1. The van der Waals surface area contributed by atoms with Gasteiger partial charge in [-0.05, 0) is 47.4 Å². The summed E-state index contributed by atoms with van der Waals surface area (Å²) < 4.78 is 5.63. The zero-order chi connectivity index (χ0) is 24.6. The van der Waals surface area contributed by atoms with Gasteiger partial charge in [0.15, 0.2) is 0 Å². The maximum atomic E-state index is 13.0. The van der Waals surface area contributed by atoms with Gasteiger partial charge in [-0.2, -0.15) is 0 Å². The number of carboxylic acid groups (broad SMARTS) is 1. The number of alkyl carbamates (subject to hydrolysis) is 1. The van der Waals surface area contributed by atoms with Gasteiger partial charge in [0.05, 0.1) is 5.41 Å². The number of carbonyl (C=O) groups excluding carboxylic acids is 2. The zero-order valence-electron chi connectivity index (χ0n) is 20.0. The number of benzene rings is 2. The fourth-order valence-corrected chi connectivity index (χ4v) is 6.27. The van der Waals surface area contributed by atoms with Crippen LogP contribution in [0.1, 0.15) is 56.1 Å². The normalized spacial score (nSPS) is 23.3. The van der Waals surface area contributed by atoms with Crippen molar-refractivity contribution in [3.63, 3.8) is 0 Å². The van der Waals surface area contributed by atoms with Gasteiger partial charge in [0.2, 0.25) is 5.91 Å². The highest BCUT2D eigenvalue weighted by Crippen LogP contribution is 2.49. The number of fused-ring (bicyclic) bond motifs is 4. The van der Waals surface area contributed by atoms with E-state index in [4.69, 9.17) is 4.74 Å². The predicted octanol–water partition coefficient (Wildman–Crippen LogP) is 4.41. The number of likely N-dealkylation sites (tertiary alicyclic amines) is 1. The van der Waals surface area contributed by atoms with Crippen LogP contribution >= 0.6 is 0 Å². The molecule has 0 aromatic heterocycles. The molecular formula is C28H32N2O5. The fraction of sp³-hybridized carbons (Fsp3) is 0.464. The van der Waals surface area contributed by atoms with E-state index < -0.39 is 17.5 Å². The molecule has 1 saturated carbocycles. The van der Waals surface area contributed by atoms with Crippen molar-refractivity contribution in [2.75, 3.05) is 19.7 Å². The Morgan fingerprint density at radius 3 is 2.37 bits per heavy atom. The van der Waals surface area contributed by atoms with Crippen LogP contribution in [0.25, 0.3) is 11.1 Å². The number of rotatable bonds is 7. The van der Waals surface area contributed by atoms with Crippen molar-refractivity contribution in [3.8, 4) is 11.1 Å². The molecule has 2 amide bonds. The lowest BCUT2D eigenvalue weighted by atomic mass is 9.81. The Morgan fingerprint density at radius 1 is 1.11 bits per heavy atom. The van der Waals surface area contributed by atoms with Crippen molar-refractivity contribution in [1.82, 2.24) is 10.2 Å². The van der Waals surface area contributed by atoms with Gasteiger partial charge in [0.25, 0.3) is 0 Å². The number of nitrogens with one attached hydrogen (secondary N) is 1. The second kappa shape index (κ2) is 9.36. The molecule has 0 unspecified atom stereocenters. The van der Waals surface area contributed by atoms with Crippen molar-refractivity contribution in [2.24, 2.45) is 11.3 Å². The minimum atomic E-state index is -0.794. The Labute approximate surface area is 205 Å². The minimum absolute atomic E-state index is 0.0222. The van der Waals surface area contributed by atoms with Crippen LogP contribution in [0, 0.1) is 11.3 Å². The molecule has 0 radical (unpaired) electrons. The van der Waals surface area contributed by atoms with Crippen LogP contribution in [-0.4, -0.2) is 53.7 Å². The maximum Gasteiger partial charge on any atom is 0.407 e. The first kappa shape index (κ1) is 23.4. The number of carboxylic acids is 1. The predicted molar refractivity (Wildman–Crippen MR) is 131 cm³/mol. The summed E-state index contributed by atoms with van der Waals surface area (Å²) in [6.07, 6.45) is 2.57. The van der Waals surface area contributed by atoms with Gasteiger partial charge in [-0.15, -0.1) is 0 Å². The highest BCUT2D eigenvalue weighted by molar-refractivity contribution is 5.82. The van der Waals surface area contributed by atoms with Crippen LogP contribution in [0.4, 0.5) is 4.79 Å². The molecular weight excluding hydrogens is 444 g/mol. The van der Waals surface area contributed by atoms with E-state index in [0.29, 0.717) is 19.4 Å². The maximum absolute atomic E-state index is 13.0. The molecule has 5 rings (SSSR count). The highest BCUT2D eigenvalue weighted by atomic mass is 16.5. The van der Waals surface area contributed by atoms with Crippen LogP contribution in [0.2, 0.25) is 0 Å². The largest absolute Gasteiger partial charge is 0.481 e. The van der Waals surface area contributed by atoms with Crippen LogP contribution in [-0.2, 0) is 14.3 Å². The third-order valence-electron chi connectivity index (χ3n) is 8.23. The second-order valence-electron chi connectivity index (χ2n) is 10.1. The summed E-state index contributed by atoms with van der Waals surface area (Å²) in [4.78, 5) is 39.2. The number of hydrogen-bond acceptors (Lipinski definition) is 4. The molecule has 35 heavy (non-hydrogen) atoms. The molecule has 2 fully saturated rings. The van der Waals surface area contributed by atoms with Crippen molar-refractivity contribution in [1.29, 1.82) is 0 Å². The van der Waals surface area contributed by atoms with Gasteiger partial charge in [-0.25, -0.2) is 4.79 Å². The third kappa shape index (κ3) is 4.17. The summed E-state index contributed by atoms with van der Waals surface area (Å²) in [6.45, 7) is 2.90. The molecule has 2 N–H and O–H groups in total. The van der Waals surface area contributed by atoms with E-state index in [1.807, 2.05) is 31.2 Å². The molecule has 1 aliphatic heterocycles. The van der Waals surface area contributed by atoms with Crippen LogP contribution in [0.15, 0.2) is 48.5 Å². The Kier molecular flexibility index (Phi) is 6.26. The lowest BCUT2D eigenvalue weighted by Crippen LogP contribution is -2.41. The van der Waals surface area contributed by atoms with Gasteiger partial charge in [-0.1, -0.05) is 61.9 Å². The number of hydrogen-bond donors (Lipinski definition) is 2. The van der Waals surface area contributed by atoms with E-state index in [1.165, 1.54) is 11.1 Å². The van der Waals surface area contributed by atoms with Crippen LogP contribution in [0.3, 0.4) is 0 Å². The summed E-state index contributed by atoms with van der Waals surface area (Å²) in [5.74, 6) is -0.893. The second-order valence-corrected chi connectivity index (χ2v) is 10.1. The lowest BCUT2D eigenvalue weighted by Gasteiger charge is -2.24. The van der Waals surface area contributed by atoms with Gasteiger partial charge in [0.1, 0.15) is 6.61 Å². The van der Waals surface area contributed by atoms with Gasteiger partial charge in [0, 0.05) is 31.5 Å². The van der Waals surface area contributed by atoms with E-state index in [-0.39, 0.29) is 43.4 Å². The lowest BCUT2D eigenvalue weighted by molar-refractivity contribution is -0.149. The van der Waals surface area contributed by atoms with Gasteiger partial charge in [-0.3, -0.25) is 9.59 Å². The Bertz CT molecular complexity index is 1100. The fourth-order valence-electron chi connectivity index (χ4n) is 6.27. The topological polar surface area (TPSA) is 95.9 Å². The van der Waals surface area contributed by atoms with Crippen molar-refractivity contribution < 1.29 is 24.2 Å². The van der Waals surface area contributed by atoms with E-state index in [2.05, 4.69) is 29.6 Å². The van der Waals surface area contributed by atoms with E-state index in [0.717, 1.165) is 24.0 Å². The smallest absolute Gasteiger partial charge is 0.407 e. The number of ether oxygens (including phenoxy) is 1. The number of amides is 2. The first-order valence-electron chi connectivity index (χ1n) is 12.6. The van der Waals surface area contributed by atoms with Gasteiger partial charge < -0.3 is 20.1 Å². The molecule has 2 aromatic carbocycles. The van der Waals surface area contributed by atoms with E-state index in [9.17, 15) is 19.5 Å². The Morgan fingerprint density at radius 2 is 1.77 bits per heavy atom. The summed E-state index contributed by atoms with van der Waals surface area (Å²) in [7, 11) is 0. The number of aliphatic carboxylic acids is 1. The van der Waals surface area contributed by atoms with E-state index in [1.54, 1.807) is 4.90 Å². The third-order valence-corrected chi connectivity index (χ3v) is 8.23. The summed E-state index contributed by atoms with van der Waals surface area (Å²) in [5, 5.41) is 12.6. The SMILES string of the molecule is CC[C@@H](CC(=O)N1C[C@H]2CCC[C@@]2(C(=O)O)C1)NC(=O)OCC1c2ccccc2-c2ccccc21. The number of carbonyl (C=O) groups is 3. The standard InChI is InChI=1S/C28H32N2O5/c1-2-19(14-25(31)30-15-18-8-7-13-28(18,17-30)26(32)33)29-27(34)35-16-24-22-11-5-3-9-20(22)21-10-4-6-12-23(21)24/h3-6,9-12,18-19,24H,2,7-8,13-17H2,1H3,(H,29,34)(H,32,33)/t18-,19+,28-/m1/s1. The van der Waals surface area contributed by atoms with Crippen molar-refractivity contribution >= 4 is 18.0 Å². The first-order valence-corrected chi connectivity index (χ1v) is 12.6. The molecule has 7 nitrogen and oxygen atoms in total. The summed E-state index contributed by atoms with van der Waals surface area (Å²) >= 11 is 0. The first-order chi connectivity index (χ1) is 16.9. The molecule has 3 aliphatic rings. The summed E-state index contributed by atoms with van der Waals surface area (Å²) in [5.41, 5.74) is 3.84. The van der Waals surface area contributed by atoms with E-state index >= 15 is 0 Å². The molecule has 0 bridgehead atoms. The average molecular weight is 477 g/mol. The van der Waals surface area contributed by atoms with Crippen LogP contribution < -0.4 is 5.32 Å². The molecule has 2 aliphatic carbocycles. The quantitative estimate of drug-likeness (QED) is 0.617. The van der Waals surface area contributed by atoms with Crippen molar-refractivity contribution in [2.45, 2.75) is 51.0 Å². The molecule has 184 valence electrons. The minimum Gasteiger partial charge on any atom is -0.481 e. The Hall–Kier alpha value is -3.35. The Balaban J connectivity index is 1.17. The monoisotopic (exact) mass is 476 g/mol. The molecule has 3 atom stereocenters. The molecule has 2 aromatic rings. The van der Waals surface area contributed by atoms with Crippen LogP contribution in [0.5, 0.6) is 0 Å².